The molecule has 0 saturated carbocycles. The molecule has 2 fully saturated rings. The Morgan fingerprint density at radius 1 is 1.00 bits per heavy atom. The Morgan fingerprint density at radius 3 is 2.52 bits per heavy atom. The maximum absolute atomic E-state index is 13.1. The lowest BCUT2D eigenvalue weighted by Gasteiger charge is -2.40. The van der Waals surface area contributed by atoms with Crippen molar-refractivity contribution in [1.82, 2.24) is 24.5 Å². The highest BCUT2D eigenvalue weighted by atomic mass is 16.5. The Bertz CT molecular complexity index is 881. The molecule has 0 unspecified atom stereocenters. The quantitative estimate of drug-likeness (QED) is 0.612. The number of hydrogen-bond donors (Lipinski definition) is 0. The molecule has 2 aromatic rings. The lowest BCUT2D eigenvalue weighted by molar-refractivity contribution is -0.140. The van der Waals surface area contributed by atoms with Crippen molar-refractivity contribution < 1.29 is 14.3 Å². The minimum Gasteiger partial charge on any atom is -0.490 e. The fourth-order valence-corrected chi connectivity index (χ4v) is 4.65. The van der Waals surface area contributed by atoms with Gasteiger partial charge in [-0.25, -0.2) is 0 Å². The van der Waals surface area contributed by atoms with Gasteiger partial charge in [0.05, 0.1) is 0 Å². The summed E-state index contributed by atoms with van der Waals surface area (Å²) in [7, 11) is 2.09. The number of carbonyl (C=O) groups is 2. The Kier molecular flexibility index (Phi) is 7.99. The molecule has 0 aliphatic carbocycles. The van der Waals surface area contributed by atoms with E-state index in [4.69, 9.17) is 4.74 Å². The Hall–Kier alpha value is -2.87. The van der Waals surface area contributed by atoms with Crippen molar-refractivity contribution in [2.45, 2.75) is 38.3 Å². The summed E-state index contributed by atoms with van der Waals surface area (Å²) >= 11 is 0. The van der Waals surface area contributed by atoms with Crippen LogP contribution >= 0.6 is 0 Å². The molecule has 2 amide bonds. The van der Waals surface area contributed by atoms with Crippen LogP contribution in [0.3, 0.4) is 0 Å². The number of likely N-dealkylation sites (tertiary alicyclic amines) is 1. The van der Waals surface area contributed by atoms with Crippen LogP contribution in [0.4, 0.5) is 0 Å². The fourth-order valence-electron chi connectivity index (χ4n) is 4.65. The molecule has 0 spiro atoms. The van der Waals surface area contributed by atoms with Gasteiger partial charge in [-0.1, -0.05) is 18.2 Å². The van der Waals surface area contributed by atoms with Gasteiger partial charge in [0.25, 0.3) is 0 Å². The zero-order valence-corrected chi connectivity index (χ0v) is 19.5. The molecule has 2 aliphatic rings. The van der Waals surface area contributed by atoms with Gasteiger partial charge >= 0.3 is 0 Å². The van der Waals surface area contributed by atoms with E-state index >= 15 is 0 Å². The van der Waals surface area contributed by atoms with Gasteiger partial charge in [0.15, 0.2) is 0 Å². The maximum Gasteiger partial charge on any atom is 0.223 e. The first kappa shape index (κ1) is 23.3. The van der Waals surface area contributed by atoms with Crippen LogP contribution in [0.1, 0.15) is 25.7 Å². The summed E-state index contributed by atoms with van der Waals surface area (Å²) < 4.78 is 8.15. The monoisotopic (exact) mass is 453 g/mol. The van der Waals surface area contributed by atoms with Crippen LogP contribution in [0.15, 0.2) is 48.8 Å². The summed E-state index contributed by atoms with van der Waals surface area (Å²) in [6, 6.07) is 11.7. The van der Waals surface area contributed by atoms with Crippen LogP contribution in [0.5, 0.6) is 5.75 Å². The van der Waals surface area contributed by atoms with Gasteiger partial charge in [-0.2, -0.15) is 5.10 Å². The van der Waals surface area contributed by atoms with Gasteiger partial charge in [0.2, 0.25) is 11.8 Å². The van der Waals surface area contributed by atoms with E-state index in [9.17, 15) is 9.59 Å². The second-order valence-corrected chi connectivity index (χ2v) is 9.12. The summed E-state index contributed by atoms with van der Waals surface area (Å²) in [6.45, 7) is 5.31. The summed E-state index contributed by atoms with van der Waals surface area (Å²) in [5, 5.41) is 4.20. The lowest BCUT2D eigenvalue weighted by atomic mass is 9.90. The van der Waals surface area contributed by atoms with E-state index in [-0.39, 0.29) is 23.8 Å². The molecule has 0 bridgehead atoms. The number of nitrogens with zero attached hydrogens (tertiary/aromatic N) is 5. The number of para-hydroxylation sites is 1. The van der Waals surface area contributed by atoms with Crippen LogP contribution < -0.4 is 4.74 Å². The predicted octanol–water partition coefficient (Wildman–Crippen LogP) is 2.12. The van der Waals surface area contributed by atoms with Crippen molar-refractivity contribution in [2.75, 3.05) is 46.3 Å². The molecule has 1 aromatic heterocycles. The smallest absolute Gasteiger partial charge is 0.223 e. The van der Waals surface area contributed by atoms with Crippen molar-refractivity contribution in [3.05, 3.63) is 48.8 Å². The highest BCUT2D eigenvalue weighted by Gasteiger charge is 2.35. The summed E-state index contributed by atoms with van der Waals surface area (Å²) in [5.74, 6) is 1.12. The zero-order valence-electron chi connectivity index (χ0n) is 19.5. The van der Waals surface area contributed by atoms with E-state index in [1.54, 1.807) is 6.20 Å². The van der Waals surface area contributed by atoms with E-state index in [1.807, 2.05) is 57.1 Å². The van der Waals surface area contributed by atoms with Crippen molar-refractivity contribution in [2.24, 2.45) is 5.92 Å². The van der Waals surface area contributed by atoms with Crippen molar-refractivity contribution in [1.29, 1.82) is 0 Å². The normalized spacial score (nSPS) is 21.7. The number of piperazine rings is 1. The van der Waals surface area contributed by atoms with E-state index in [0.717, 1.165) is 51.3 Å². The molecule has 8 nitrogen and oxygen atoms in total. The molecule has 8 heteroatoms. The average molecular weight is 454 g/mol. The zero-order chi connectivity index (χ0) is 23.0. The number of ether oxygens (including phenoxy) is 1. The Morgan fingerprint density at radius 2 is 1.79 bits per heavy atom. The van der Waals surface area contributed by atoms with Crippen LogP contribution in [-0.4, -0.2) is 88.7 Å². The molecular formula is C25H35N5O3. The molecule has 2 aliphatic heterocycles. The fraction of sp³-hybridized carbons (Fsp3) is 0.560. The van der Waals surface area contributed by atoms with Gasteiger partial charge in [-0.3, -0.25) is 14.3 Å². The molecule has 4 rings (SSSR count). The molecule has 0 N–H and O–H groups in total. The van der Waals surface area contributed by atoms with E-state index in [0.29, 0.717) is 25.9 Å². The van der Waals surface area contributed by atoms with Crippen molar-refractivity contribution >= 4 is 11.8 Å². The van der Waals surface area contributed by atoms with E-state index in [2.05, 4.69) is 17.0 Å². The average Bonchev–Trinajstić information content (AvgIpc) is 3.35. The van der Waals surface area contributed by atoms with Crippen LogP contribution in [-0.2, 0) is 16.1 Å². The molecule has 2 atom stereocenters. The van der Waals surface area contributed by atoms with Crippen molar-refractivity contribution in [3.63, 3.8) is 0 Å². The second kappa shape index (κ2) is 11.3. The van der Waals surface area contributed by atoms with E-state index in [1.165, 1.54) is 0 Å². The molecule has 3 heterocycles. The summed E-state index contributed by atoms with van der Waals surface area (Å²) in [6.07, 6.45) is 5.99. The third-order valence-corrected chi connectivity index (χ3v) is 6.68. The first-order chi connectivity index (χ1) is 16.1. The number of hydrogen-bond acceptors (Lipinski definition) is 5. The number of aromatic nitrogens is 2. The topological polar surface area (TPSA) is 70.9 Å². The highest BCUT2D eigenvalue weighted by molar-refractivity contribution is 5.78. The Labute approximate surface area is 196 Å². The number of rotatable bonds is 8. The number of benzene rings is 1. The molecule has 0 radical (unpaired) electrons. The third-order valence-electron chi connectivity index (χ3n) is 6.68. The minimum atomic E-state index is -0.0723. The highest BCUT2D eigenvalue weighted by Crippen LogP contribution is 2.27. The molecule has 1 aromatic carbocycles. The van der Waals surface area contributed by atoms with E-state index < -0.39 is 0 Å². The van der Waals surface area contributed by atoms with Crippen LogP contribution in [0.2, 0.25) is 0 Å². The number of aryl methyl sites for hydroxylation is 1. The van der Waals surface area contributed by atoms with Crippen molar-refractivity contribution in [3.8, 4) is 5.75 Å². The van der Waals surface area contributed by atoms with Crippen LogP contribution in [0.25, 0.3) is 0 Å². The predicted molar refractivity (Wildman–Crippen MR) is 126 cm³/mol. The van der Waals surface area contributed by atoms with Gasteiger partial charge in [0, 0.05) is 83.4 Å². The third kappa shape index (κ3) is 6.57. The number of likely N-dealkylation sites (N-methyl/N-ethyl adjacent to an activating group) is 1. The maximum atomic E-state index is 13.1. The van der Waals surface area contributed by atoms with Gasteiger partial charge in [0.1, 0.15) is 11.9 Å². The Balaban J connectivity index is 1.36. The largest absolute Gasteiger partial charge is 0.490 e. The molecule has 178 valence electrons. The molecule has 33 heavy (non-hydrogen) atoms. The number of piperidine rings is 1. The molecule has 2 saturated heterocycles. The lowest BCUT2D eigenvalue weighted by Crippen LogP contribution is -2.51. The number of carbonyl (C=O) groups excluding carboxylic acids is 2. The standard InChI is InChI=1S/C25H35N5O3/c1-27-15-17-28(18-16-27)25(32)19-21-20-29(24(31)9-5-12-30-13-6-11-26-30)14-10-23(21)33-22-7-3-2-4-8-22/h2-4,6-8,11,13,21,23H,5,9-10,12,14-20H2,1H3/t21-,23-/m0/s1. The SMILES string of the molecule is CN1CCN(C(=O)C[C@H]2CN(C(=O)CCCn3cccn3)CC[C@@H]2Oc2ccccc2)CC1. The van der Waals surface area contributed by atoms with Crippen LogP contribution in [0, 0.1) is 5.92 Å². The second-order valence-electron chi connectivity index (χ2n) is 9.12. The van der Waals surface area contributed by atoms with Gasteiger partial charge in [-0.05, 0) is 31.7 Å². The number of amides is 2. The molecular weight excluding hydrogens is 418 g/mol. The first-order valence-corrected chi connectivity index (χ1v) is 12.0. The van der Waals surface area contributed by atoms with Gasteiger partial charge in [-0.15, -0.1) is 0 Å². The summed E-state index contributed by atoms with van der Waals surface area (Å²) in [5.41, 5.74) is 0. The van der Waals surface area contributed by atoms with Gasteiger partial charge < -0.3 is 19.4 Å². The minimum absolute atomic E-state index is 0.0128. The first-order valence-electron chi connectivity index (χ1n) is 12.0. The summed E-state index contributed by atoms with van der Waals surface area (Å²) in [4.78, 5) is 32.1.